The molecule has 120 valence electrons. The Bertz CT molecular complexity index is 472. The minimum atomic E-state index is -4.40. The molecule has 0 saturated heterocycles. The van der Waals surface area contributed by atoms with Crippen LogP contribution in [0.15, 0.2) is 12.4 Å². The minimum Gasteiger partial charge on any atom is -0.467 e. The molecule has 0 aliphatic carbocycles. The summed E-state index contributed by atoms with van der Waals surface area (Å²) in [6.07, 6.45) is -1.45. The van der Waals surface area contributed by atoms with Gasteiger partial charge in [0.2, 0.25) is 5.88 Å². The number of hydrogen-bond donors (Lipinski definition) is 1. The van der Waals surface area contributed by atoms with E-state index < -0.39 is 23.8 Å². The Kier molecular flexibility index (Phi) is 6.09. The summed E-state index contributed by atoms with van der Waals surface area (Å²) in [5.41, 5.74) is 0.577. The number of ether oxygens (including phenoxy) is 1. The maximum Gasteiger partial charge on any atom is 0.422 e. The van der Waals surface area contributed by atoms with Crippen molar-refractivity contribution in [3.8, 4) is 5.88 Å². The van der Waals surface area contributed by atoms with Crippen LogP contribution in [0.4, 0.5) is 13.2 Å². The molecule has 0 fully saturated rings. The summed E-state index contributed by atoms with van der Waals surface area (Å²) in [5.74, 6) is -0.178. The van der Waals surface area contributed by atoms with Gasteiger partial charge in [0, 0.05) is 13.0 Å². The van der Waals surface area contributed by atoms with Gasteiger partial charge in [0.1, 0.15) is 0 Å². The lowest BCUT2D eigenvalue weighted by atomic mass is 10.3. The van der Waals surface area contributed by atoms with E-state index in [1.54, 1.807) is 0 Å². The third-order valence-corrected chi connectivity index (χ3v) is 3.81. The number of hydrogen-bond acceptors (Lipinski definition) is 4. The molecule has 1 atom stereocenters. The standard InChI is InChI=1S/C12H18F3N3O2S/c1-11(2,3)21(19)18-5-4-9-6-17-10(7-16-9)20-8-12(13,14)15/h6-7,18H,4-5,8H2,1-3H3. The van der Waals surface area contributed by atoms with Crippen LogP contribution in [-0.2, 0) is 17.4 Å². The van der Waals surface area contributed by atoms with Gasteiger partial charge in [-0.25, -0.2) is 13.9 Å². The highest BCUT2D eigenvalue weighted by atomic mass is 32.2. The Morgan fingerprint density at radius 1 is 1.24 bits per heavy atom. The predicted octanol–water partition coefficient (Wildman–Crippen LogP) is 2.01. The summed E-state index contributed by atoms with van der Waals surface area (Å²) in [6, 6.07) is 0. The van der Waals surface area contributed by atoms with Gasteiger partial charge in [-0.05, 0) is 20.8 Å². The molecular formula is C12H18F3N3O2S. The average molecular weight is 325 g/mol. The zero-order chi connectivity index (χ0) is 16.1. The second-order valence-electron chi connectivity index (χ2n) is 5.28. The van der Waals surface area contributed by atoms with Crippen LogP contribution >= 0.6 is 0 Å². The van der Waals surface area contributed by atoms with Crippen LogP contribution in [0.3, 0.4) is 0 Å². The highest BCUT2D eigenvalue weighted by Crippen LogP contribution is 2.16. The summed E-state index contributed by atoms with van der Waals surface area (Å²) in [6.45, 7) is 4.59. The van der Waals surface area contributed by atoms with E-state index in [1.807, 2.05) is 20.8 Å². The predicted molar refractivity (Wildman–Crippen MR) is 73.2 cm³/mol. The first-order valence-corrected chi connectivity index (χ1v) is 7.39. The van der Waals surface area contributed by atoms with Crippen LogP contribution < -0.4 is 9.46 Å². The molecule has 1 heterocycles. The molecule has 0 bridgehead atoms. The van der Waals surface area contributed by atoms with Gasteiger partial charge < -0.3 is 4.74 Å². The van der Waals surface area contributed by atoms with Crippen molar-refractivity contribution in [2.75, 3.05) is 13.2 Å². The van der Waals surface area contributed by atoms with E-state index >= 15 is 0 Å². The first-order valence-electron chi connectivity index (χ1n) is 6.24. The molecule has 9 heteroatoms. The lowest BCUT2D eigenvalue weighted by molar-refractivity contribution is -0.154. The van der Waals surface area contributed by atoms with E-state index in [2.05, 4.69) is 19.4 Å². The van der Waals surface area contributed by atoms with E-state index in [0.29, 0.717) is 18.7 Å². The van der Waals surface area contributed by atoms with Crippen molar-refractivity contribution in [1.29, 1.82) is 0 Å². The molecule has 5 nitrogen and oxygen atoms in total. The molecule has 0 saturated carbocycles. The summed E-state index contributed by atoms with van der Waals surface area (Å²) in [7, 11) is -1.18. The highest BCUT2D eigenvalue weighted by Gasteiger charge is 2.28. The lowest BCUT2D eigenvalue weighted by Crippen LogP contribution is -2.34. The van der Waals surface area contributed by atoms with E-state index in [0.717, 1.165) is 6.20 Å². The van der Waals surface area contributed by atoms with E-state index in [-0.39, 0.29) is 10.6 Å². The first kappa shape index (κ1) is 17.8. The van der Waals surface area contributed by atoms with E-state index in [1.165, 1.54) is 6.20 Å². The van der Waals surface area contributed by atoms with Crippen LogP contribution in [0, 0.1) is 0 Å². The van der Waals surface area contributed by atoms with Gasteiger partial charge >= 0.3 is 6.18 Å². The first-order chi connectivity index (χ1) is 9.58. The number of nitrogens with zero attached hydrogens (tertiary/aromatic N) is 2. The fourth-order valence-corrected chi connectivity index (χ4v) is 1.91. The molecule has 1 unspecified atom stereocenters. The maximum absolute atomic E-state index is 11.9. The highest BCUT2D eigenvalue weighted by molar-refractivity contribution is 7.84. The smallest absolute Gasteiger partial charge is 0.422 e. The van der Waals surface area contributed by atoms with Crippen LogP contribution in [-0.4, -0.2) is 38.3 Å². The normalized spacial score (nSPS) is 14.0. The Balaban J connectivity index is 2.40. The third kappa shape index (κ3) is 7.37. The molecule has 21 heavy (non-hydrogen) atoms. The van der Waals surface area contributed by atoms with Crippen molar-refractivity contribution in [2.45, 2.75) is 38.1 Å². The zero-order valence-corrected chi connectivity index (χ0v) is 12.8. The van der Waals surface area contributed by atoms with Crippen molar-refractivity contribution in [3.63, 3.8) is 0 Å². The fraction of sp³-hybridized carbons (Fsp3) is 0.667. The Morgan fingerprint density at radius 3 is 2.38 bits per heavy atom. The van der Waals surface area contributed by atoms with Crippen LogP contribution in [0.25, 0.3) is 0 Å². The topological polar surface area (TPSA) is 64.1 Å². The van der Waals surface area contributed by atoms with E-state index in [9.17, 15) is 17.4 Å². The number of aromatic nitrogens is 2. The molecule has 0 aliphatic rings. The number of halogens is 3. The molecule has 0 radical (unpaired) electrons. The van der Waals surface area contributed by atoms with Crippen molar-refractivity contribution in [3.05, 3.63) is 18.1 Å². The molecule has 1 rings (SSSR count). The van der Waals surface area contributed by atoms with Crippen LogP contribution in [0.2, 0.25) is 0 Å². The molecule has 1 N–H and O–H groups in total. The van der Waals surface area contributed by atoms with Crippen molar-refractivity contribution in [1.82, 2.24) is 14.7 Å². The summed E-state index contributed by atoms with van der Waals surface area (Å²) in [4.78, 5) is 7.68. The van der Waals surface area contributed by atoms with Gasteiger partial charge in [-0.3, -0.25) is 4.98 Å². The molecule has 0 amide bonds. The molecule has 0 spiro atoms. The number of rotatable bonds is 6. The third-order valence-electron chi connectivity index (χ3n) is 2.24. The second-order valence-corrected chi connectivity index (χ2v) is 7.33. The fourth-order valence-electron chi connectivity index (χ4n) is 1.19. The number of nitrogens with one attached hydrogen (secondary N) is 1. The van der Waals surface area contributed by atoms with Crippen molar-refractivity contribution >= 4 is 11.0 Å². The van der Waals surface area contributed by atoms with Gasteiger partial charge in [-0.1, -0.05) is 0 Å². The maximum atomic E-state index is 11.9. The van der Waals surface area contributed by atoms with Gasteiger partial charge in [0.15, 0.2) is 6.61 Å². The molecule has 0 aliphatic heterocycles. The number of alkyl halides is 3. The van der Waals surface area contributed by atoms with Crippen LogP contribution in [0.5, 0.6) is 5.88 Å². The SMILES string of the molecule is CC(C)(C)S(=O)NCCc1cnc(OCC(F)(F)F)cn1. The van der Waals surface area contributed by atoms with Crippen LogP contribution in [0.1, 0.15) is 26.5 Å². The lowest BCUT2D eigenvalue weighted by Gasteiger charge is -2.17. The molecule has 1 aromatic rings. The van der Waals surface area contributed by atoms with Gasteiger partial charge in [0.05, 0.1) is 33.8 Å². The quantitative estimate of drug-likeness (QED) is 0.869. The Morgan fingerprint density at radius 2 is 1.90 bits per heavy atom. The zero-order valence-electron chi connectivity index (χ0n) is 12.0. The Labute approximate surface area is 123 Å². The molecule has 0 aromatic carbocycles. The van der Waals surface area contributed by atoms with E-state index in [4.69, 9.17) is 0 Å². The second kappa shape index (κ2) is 7.17. The van der Waals surface area contributed by atoms with Gasteiger partial charge in [-0.2, -0.15) is 13.2 Å². The molecular weight excluding hydrogens is 307 g/mol. The Hall–Kier alpha value is -1.22. The average Bonchev–Trinajstić information content (AvgIpc) is 2.35. The van der Waals surface area contributed by atoms with Gasteiger partial charge in [-0.15, -0.1) is 0 Å². The monoisotopic (exact) mass is 325 g/mol. The minimum absolute atomic E-state index is 0.178. The summed E-state index contributed by atoms with van der Waals surface area (Å²) in [5, 5.41) is 0. The van der Waals surface area contributed by atoms with Gasteiger partial charge in [0.25, 0.3) is 0 Å². The summed E-state index contributed by atoms with van der Waals surface area (Å²) >= 11 is 0. The summed E-state index contributed by atoms with van der Waals surface area (Å²) < 4.78 is 54.5. The largest absolute Gasteiger partial charge is 0.467 e. The van der Waals surface area contributed by atoms with Crippen molar-refractivity contribution < 1.29 is 22.1 Å². The molecule has 1 aromatic heterocycles. The van der Waals surface area contributed by atoms with Crippen molar-refractivity contribution in [2.24, 2.45) is 0 Å².